The fourth-order valence-electron chi connectivity index (χ4n) is 3.09. The van der Waals surface area contributed by atoms with Crippen molar-refractivity contribution < 1.29 is 0 Å². The highest BCUT2D eigenvalue weighted by Crippen LogP contribution is 2.49. The molecule has 7 nitrogen and oxygen atoms in total. The fourth-order valence-corrected chi connectivity index (χ4v) is 3.09. The molecule has 2 aromatic heterocycles. The average Bonchev–Trinajstić information content (AvgIpc) is 3.46. The number of aromatic nitrogens is 4. The Balaban J connectivity index is 1.63. The topological polar surface area (TPSA) is 115 Å². The van der Waals surface area contributed by atoms with Crippen molar-refractivity contribution >= 4 is 6.08 Å². The van der Waals surface area contributed by atoms with Gasteiger partial charge in [-0.1, -0.05) is 42.5 Å². The summed E-state index contributed by atoms with van der Waals surface area (Å²) >= 11 is 0. The van der Waals surface area contributed by atoms with Crippen molar-refractivity contribution in [2.45, 2.75) is 12.3 Å². The first-order chi connectivity index (χ1) is 13.2. The third kappa shape index (κ3) is 3.46. The van der Waals surface area contributed by atoms with Gasteiger partial charge in [0.05, 0.1) is 5.56 Å². The van der Waals surface area contributed by atoms with Crippen molar-refractivity contribution in [2.75, 3.05) is 0 Å². The van der Waals surface area contributed by atoms with Gasteiger partial charge >= 0.3 is 5.69 Å². The molecule has 0 aliphatic heterocycles. The Bertz CT molecular complexity index is 1170. The minimum absolute atomic E-state index is 0.163. The van der Waals surface area contributed by atoms with Crippen LogP contribution in [0.25, 0.3) is 17.3 Å². The van der Waals surface area contributed by atoms with Crippen LogP contribution in [-0.4, -0.2) is 20.2 Å². The lowest BCUT2D eigenvalue weighted by Gasteiger charge is -2.04. The first-order valence-corrected chi connectivity index (χ1v) is 8.49. The summed E-state index contributed by atoms with van der Waals surface area (Å²) in [6.45, 7) is 0. The van der Waals surface area contributed by atoms with Crippen LogP contribution in [0.4, 0.5) is 0 Å². The van der Waals surface area contributed by atoms with Gasteiger partial charge in [-0.2, -0.15) is 5.26 Å². The predicted molar refractivity (Wildman–Crippen MR) is 99.7 cm³/mol. The molecule has 1 fully saturated rings. The highest BCUT2D eigenvalue weighted by Gasteiger charge is 2.38. The van der Waals surface area contributed by atoms with E-state index in [1.807, 2.05) is 30.3 Å². The number of aromatic amines is 2. The molecule has 0 unspecified atom stereocenters. The van der Waals surface area contributed by atoms with Gasteiger partial charge in [0.25, 0.3) is 5.56 Å². The lowest BCUT2D eigenvalue weighted by atomic mass is 10.0. The van der Waals surface area contributed by atoms with E-state index >= 15 is 0 Å². The van der Waals surface area contributed by atoms with E-state index in [9.17, 15) is 14.9 Å². The van der Waals surface area contributed by atoms with Gasteiger partial charge in [-0.15, -0.1) is 10.2 Å². The van der Waals surface area contributed by atoms with Crippen LogP contribution in [-0.2, 0) is 0 Å². The van der Waals surface area contributed by atoms with Crippen LogP contribution in [0, 0.1) is 17.2 Å². The largest absolute Gasteiger partial charge is 0.325 e. The summed E-state index contributed by atoms with van der Waals surface area (Å²) in [5, 5.41) is 17.3. The van der Waals surface area contributed by atoms with Crippen LogP contribution in [0.5, 0.6) is 0 Å². The predicted octanol–water partition coefficient (Wildman–Crippen LogP) is 2.21. The molecule has 2 atom stereocenters. The summed E-state index contributed by atoms with van der Waals surface area (Å²) in [5.74, 6) is 0.471. The molecule has 4 rings (SSSR count). The standard InChI is InChI=1S/C20H15N5O2/c21-10-18-15(14-8-13(14)7-6-12-4-2-1-3-5-12)9-17(24-25-18)16-11-22-20(27)23-19(16)26/h1-7,9,11,13-14H,8H2,(H2,22,23,26,27)/b7-6+/t13-,14-/m0/s1. The zero-order valence-electron chi connectivity index (χ0n) is 14.2. The second kappa shape index (κ2) is 6.84. The Kier molecular flexibility index (Phi) is 4.22. The summed E-state index contributed by atoms with van der Waals surface area (Å²) in [7, 11) is 0. The second-order valence-electron chi connectivity index (χ2n) is 6.41. The molecule has 2 heterocycles. The highest BCUT2D eigenvalue weighted by molar-refractivity contribution is 5.59. The molecule has 1 aliphatic rings. The van der Waals surface area contributed by atoms with E-state index in [2.05, 4.69) is 38.4 Å². The molecule has 27 heavy (non-hydrogen) atoms. The molecular formula is C20H15N5O2. The van der Waals surface area contributed by atoms with Crippen LogP contribution in [0.1, 0.15) is 29.2 Å². The maximum Gasteiger partial charge on any atom is 0.325 e. The van der Waals surface area contributed by atoms with Gasteiger partial charge in [-0.3, -0.25) is 9.78 Å². The Hall–Kier alpha value is -3.79. The third-order valence-electron chi connectivity index (χ3n) is 4.60. The van der Waals surface area contributed by atoms with E-state index in [4.69, 9.17) is 0 Å². The molecule has 0 amide bonds. The van der Waals surface area contributed by atoms with E-state index < -0.39 is 11.2 Å². The summed E-state index contributed by atoms with van der Waals surface area (Å²) in [6.07, 6.45) is 6.42. The number of nitriles is 1. The average molecular weight is 357 g/mol. The third-order valence-corrected chi connectivity index (χ3v) is 4.60. The molecule has 1 aliphatic carbocycles. The smallest absolute Gasteiger partial charge is 0.313 e. The highest BCUT2D eigenvalue weighted by atomic mass is 16.2. The lowest BCUT2D eigenvalue weighted by molar-refractivity contribution is 0.930. The second-order valence-corrected chi connectivity index (χ2v) is 6.41. The zero-order valence-corrected chi connectivity index (χ0v) is 14.2. The fraction of sp³-hybridized carbons (Fsp3) is 0.150. The zero-order chi connectivity index (χ0) is 18.8. The van der Waals surface area contributed by atoms with Crippen molar-refractivity contribution in [3.63, 3.8) is 0 Å². The molecule has 7 heteroatoms. The molecule has 0 saturated heterocycles. The summed E-state index contributed by atoms with van der Waals surface area (Å²) < 4.78 is 0. The van der Waals surface area contributed by atoms with Crippen molar-refractivity contribution in [2.24, 2.45) is 5.92 Å². The molecule has 0 bridgehead atoms. The minimum atomic E-state index is -0.584. The Morgan fingerprint density at radius 1 is 1.19 bits per heavy atom. The SMILES string of the molecule is N#Cc1nnc(-c2c[nH]c(=O)[nH]c2=O)cc1[C@H]1C[C@@H]1/C=C/c1ccccc1. The normalized spacial score (nSPS) is 18.3. The number of rotatable bonds is 4. The quantitative estimate of drug-likeness (QED) is 0.743. The maximum absolute atomic E-state index is 12.0. The number of nitrogens with zero attached hydrogens (tertiary/aromatic N) is 3. The molecule has 3 aromatic rings. The molecule has 1 aromatic carbocycles. The summed E-state index contributed by atoms with van der Waals surface area (Å²) in [4.78, 5) is 27.8. The van der Waals surface area contributed by atoms with Crippen molar-refractivity contribution in [3.8, 4) is 17.3 Å². The molecule has 0 radical (unpaired) electrons. The van der Waals surface area contributed by atoms with E-state index in [1.165, 1.54) is 6.20 Å². The number of nitrogens with one attached hydrogen (secondary N) is 2. The number of benzene rings is 1. The summed E-state index contributed by atoms with van der Waals surface area (Å²) in [5.41, 5.74) is 1.58. The molecule has 2 N–H and O–H groups in total. The molecule has 1 saturated carbocycles. The van der Waals surface area contributed by atoms with E-state index in [-0.39, 0.29) is 17.2 Å². The molecule has 0 spiro atoms. The number of hydrogen-bond donors (Lipinski definition) is 2. The van der Waals surface area contributed by atoms with Crippen LogP contribution < -0.4 is 11.2 Å². The maximum atomic E-state index is 12.0. The van der Waals surface area contributed by atoms with Crippen LogP contribution in [0.2, 0.25) is 0 Å². The van der Waals surface area contributed by atoms with E-state index in [0.717, 1.165) is 17.5 Å². The number of allylic oxidation sites excluding steroid dienone is 1. The number of hydrogen-bond acceptors (Lipinski definition) is 5. The Morgan fingerprint density at radius 3 is 2.74 bits per heavy atom. The van der Waals surface area contributed by atoms with E-state index in [0.29, 0.717) is 11.6 Å². The van der Waals surface area contributed by atoms with Gasteiger partial charge in [0.15, 0.2) is 5.69 Å². The number of H-pyrrole nitrogens is 2. The van der Waals surface area contributed by atoms with Crippen molar-refractivity contribution in [1.29, 1.82) is 5.26 Å². The molecule has 132 valence electrons. The van der Waals surface area contributed by atoms with E-state index in [1.54, 1.807) is 6.07 Å². The van der Waals surface area contributed by atoms with Crippen LogP contribution >= 0.6 is 0 Å². The summed E-state index contributed by atoms with van der Waals surface area (Å²) in [6, 6.07) is 13.8. The monoisotopic (exact) mass is 357 g/mol. The van der Waals surface area contributed by atoms with Crippen LogP contribution in [0.15, 0.2) is 58.3 Å². The first kappa shape index (κ1) is 16.7. The Morgan fingerprint density at radius 2 is 2.00 bits per heavy atom. The van der Waals surface area contributed by atoms with Gasteiger partial charge < -0.3 is 4.98 Å². The minimum Gasteiger partial charge on any atom is -0.313 e. The molecular weight excluding hydrogens is 342 g/mol. The van der Waals surface area contributed by atoms with Gasteiger partial charge in [0.1, 0.15) is 11.8 Å². The first-order valence-electron chi connectivity index (χ1n) is 8.49. The lowest BCUT2D eigenvalue weighted by Crippen LogP contribution is -2.23. The van der Waals surface area contributed by atoms with Crippen molar-refractivity contribution in [1.82, 2.24) is 20.2 Å². The Labute approximate surface area is 154 Å². The van der Waals surface area contributed by atoms with Crippen molar-refractivity contribution in [3.05, 3.63) is 86.3 Å². The van der Waals surface area contributed by atoms with Gasteiger partial charge in [-0.25, -0.2) is 4.79 Å². The van der Waals surface area contributed by atoms with Gasteiger partial charge in [0.2, 0.25) is 0 Å². The van der Waals surface area contributed by atoms with Gasteiger partial charge in [0, 0.05) is 6.20 Å². The van der Waals surface area contributed by atoms with Gasteiger partial charge in [-0.05, 0) is 35.4 Å². The van der Waals surface area contributed by atoms with Crippen LogP contribution in [0.3, 0.4) is 0 Å².